The molecule has 3 nitrogen and oxygen atoms in total. The summed E-state index contributed by atoms with van der Waals surface area (Å²) in [5.74, 6) is 0.105. The van der Waals surface area contributed by atoms with Crippen LogP contribution in [0.25, 0.3) is 0 Å². The molecule has 0 fully saturated rings. The molecule has 134 valence electrons. The number of hydrogen-bond donors (Lipinski definition) is 1. The Morgan fingerprint density at radius 2 is 2.16 bits per heavy atom. The van der Waals surface area contributed by atoms with Gasteiger partial charge in [0, 0.05) is 27.5 Å². The van der Waals surface area contributed by atoms with Gasteiger partial charge >= 0.3 is 0 Å². The number of fused-ring (bicyclic) bond motifs is 1. The summed E-state index contributed by atoms with van der Waals surface area (Å²) in [6.45, 7) is 5.25. The van der Waals surface area contributed by atoms with Crippen molar-refractivity contribution in [3.63, 3.8) is 0 Å². The van der Waals surface area contributed by atoms with Gasteiger partial charge in [-0.1, -0.05) is 36.2 Å². The molecule has 1 aliphatic heterocycles. The normalized spacial score (nSPS) is 18.1. The molecule has 3 rings (SSSR count). The Labute approximate surface area is 162 Å². The fourth-order valence-electron chi connectivity index (χ4n) is 3.15. The van der Waals surface area contributed by atoms with Gasteiger partial charge in [-0.25, -0.2) is 0 Å². The van der Waals surface area contributed by atoms with Gasteiger partial charge in [-0.2, -0.15) is 0 Å². The van der Waals surface area contributed by atoms with Crippen LogP contribution in [0, 0.1) is 0 Å². The predicted octanol–water partition coefficient (Wildman–Crippen LogP) is 4.92. The smallest absolute Gasteiger partial charge is 0.237 e. The largest absolute Gasteiger partial charge is 0.330 e. The summed E-state index contributed by atoms with van der Waals surface area (Å²) in [6.07, 6.45) is 1.89. The van der Waals surface area contributed by atoms with E-state index in [0.29, 0.717) is 29.2 Å². The van der Waals surface area contributed by atoms with E-state index in [0.717, 1.165) is 18.4 Å². The molecule has 1 amide bonds. The minimum Gasteiger partial charge on any atom is -0.330 e. The summed E-state index contributed by atoms with van der Waals surface area (Å²) in [5.41, 5.74) is 2.11. The lowest BCUT2D eigenvalue weighted by atomic mass is 9.93. The number of rotatable bonds is 5. The summed E-state index contributed by atoms with van der Waals surface area (Å²) in [7, 11) is 0. The van der Waals surface area contributed by atoms with Crippen molar-refractivity contribution < 1.29 is 4.79 Å². The summed E-state index contributed by atoms with van der Waals surface area (Å²) >= 11 is 14.3. The molecule has 0 aliphatic carbocycles. The molecular formula is C19H22Cl2N2OS. The summed E-state index contributed by atoms with van der Waals surface area (Å²) < 4.78 is 0. The summed E-state index contributed by atoms with van der Waals surface area (Å²) in [5, 5.41) is 6.59. The molecule has 2 atom stereocenters. The van der Waals surface area contributed by atoms with Gasteiger partial charge in [0.1, 0.15) is 0 Å². The molecule has 0 unspecified atom stereocenters. The van der Waals surface area contributed by atoms with Crippen LogP contribution >= 0.6 is 34.5 Å². The van der Waals surface area contributed by atoms with E-state index in [4.69, 9.17) is 23.2 Å². The van der Waals surface area contributed by atoms with Crippen LogP contribution in [0.2, 0.25) is 10.0 Å². The molecular weight excluding hydrogens is 375 g/mol. The van der Waals surface area contributed by atoms with Gasteiger partial charge in [-0.15, -0.1) is 11.3 Å². The van der Waals surface area contributed by atoms with Crippen LogP contribution in [0.4, 0.5) is 0 Å². The number of amides is 1. The highest BCUT2D eigenvalue weighted by molar-refractivity contribution is 7.10. The van der Waals surface area contributed by atoms with Crippen LogP contribution in [0.1, 0.15) is 42.3 Å². The molecule has 0 spiro atoms. The molecule has 1 aromatic heterocycles. The molecule has 0 saturated carbocycles. The lowest BCUT2D eigenvalue weighted by molar-refractivity contribution is -0.132. The predicted molar refractivity (Wildman–Crippen MR) is 106 cm³/mol. The van der Waals surface area contributed by atoms with Crippen molar-refractivity contribution in [2.45, 2.75) is 38.8 Å². The lowest BCUT2D eigenvalue weighted by Crippen LogP contribution is -2.45. The topological polar surface area (TPSA) is 32.3 Å². The maximum absolute atomic E-state index is 12.9. The SMILES string of the molecule is CC[C@H](C)NCC(=O)N1CCc2sccc2[C@@H]1c1ccc(Cl)cc1Cl. The maximum Gasteiger partial charge on any atom is 0.237 e. The zero-order valence-corrected chi connectivity index (χ0v) is 16.7. The first-order chi connectivity index (χ1) is 12.0. The molecule has 1 aromatic carbocycles. The van der Waals surface area contributed by atoms with Gasteiger partial charge in [-0.3, -0.25) is 4.79 Å². The minimum absolute atomic E-state index is 0.105. The Kier molecular flexibility index (Phi) is 6.05. The Morgan fingerprint density at radius 1 is 1.36 bits per heavy atom. The Morgan fingerprint density at radius 3 is 2.88 bits per heavy atom. The van der Waals surface area contributed by atoms with Crippen molar-refractivity contribution in [2.24, 2.45) is 0 Å². The average molecular weight is 397 g/mol. The second kappa shape index (κ2) is 8.09. The van der Waals surface area contributed by atoms with E-state index in [9.17, 15) is 4.79 Å². The van der Waals surface area contributed by atoms with E-state index in [1.165, 1.54) is 10.4 Å². The number of nitrogens with one attached hydrogen (secondary N) is 1. The van der Waals surface area contributed by atoms with Crippen molar-refractivity contribution >= 4 is 40.4 Å². The molecule has 0 bridgehead atoms. The third kappa shape index (κ3) is 4.03. The second-order valence-electron chi connectivity index (χ2n) is 6.39. The molecule has 1 N–H and O–H groups in total. The van der Waals surface area contributed by atoms with Crippen molar-refractivity contribution in [1.29, 1.82) is 0 Å². The number of thiophene rings is 1. The first kappa shape index (κ1) is 18.7. The third-order valence-corrected chi connectivity index (χ3v) is 6.32. The van der Waals surface area contributed by atoms with E-state index in [1.54, 1.807) is 17.4 Å². The molecule has 2 heterocycles. The molecule has 25 heavy (non-hydrogen) atoms. The van der Waals surface area contributed by atoms with E-state index in [1.807, 2.05) is 17.0 Å². The Hall–Kier alpha value is -1.07. The van der Waals surface area contributed by atoms with E-state index >= 15 is 0 Å². The minimum atomic E-state index is -0.147. The highest BCUT2D eigenvalue weighted by Crippen LogP contribution is 2.40. The highest BCUT2D eigenvalue weighted by atomic mass is 35.5. The molecule has 0 saturated heterocycles. The molecule has 0 radical (unpaired) electrons. The van der Waals surface area contributed by atoms with Crippen LogP contribution in [0.5, 0.6) is 0 Å². The number of halogens is 2. The van der Waals surface area contributed by atoms with E-state index in [2.05, 4.69) is 30.6 Å². The van der Waals surface area contributed by atoms with Crippen molar-refractivity contribution in [1.82, 2.24) is 10.2 Å². The van der Waals surface area contributed by atoms with Crippen LogP contribution in [-0.2, 0) is 11.2 Å². The fourth-order valence-corrected chi connectivity index (χ4v) is 4.57. The van der Waals surface area contributed by atoms with Crippen molar-refractivity contribution in [3.8, 4) is 0 Å². The second-order valence-corrected chi connectivity index (χ2v) is 8.24. The maximum atomic E-state index is 12.9. The number of carbonyl (C=O) groups excluding carboxylic acids is 1. The van der Waals surface area contributed by atoms with Gasteiger partial charge in [0.25, 0.3) is 0 Å². The van der Waals surface area contributed by atoms with Gasteiger partial charge in [0.15, 0.2) is 0 Å². The van der Waals surface area contributed by atoms with E-state index < -0.39 is 0 Å². The number of carbonyl (C=O) groups is 1. The van der Waals surface area contributed by atoms with Gasteiger partial charge in [0.05, 0.1) is 12.6 Å². The van der Waals surface area contributed by atoms with Crippen LogP contribution < -0.4 is 5.32 Å². The van der Waals surface area contributed by atoms with Gasteiger partial charge < -0.3 is 10.2 Å². The van der Waals surface area contributed by atoms with Gasteiger partial charge in [0.2, 0.25) is 5.91 Å². The third-order valence-electron chi connectivity index (χ3n) is 4.76. The monoisotopic (exact) mass is 396 g/mol. The number of hydrogen-bond acceptors (Lipinski definition) is 3. The Balaban J connectivity index is 1.93. The average Bonchev–Trinajstić information content (AvgIpc) is 3.07. The molecule has 2 aromatic rings. The summed E-state index contributed by atoms with van der Waals surface area (Å²) in [4.78, 5) is 16.2. The zero-order chi connectivity index (χ0) is 18.0. The standard InChI is InChI=1S/C19H22Cl2N2OS/c1-3-12(2)22-11-18(24)23-8-6-17-15(7-9-25-17)19(23)14-5-4-13(20)10-16(14)21/h4-5,7,9-10,12,19,22H,3,6,8,11H2,1-2H3/t12-,19-/m0/s1. The number of benzene rings is 1. The Bertz CT molecular complexity index is 762. The first-order valence-corrected chi connectivity index (χ1v) is 10.2. The first-order valence-electron chi connectivity index (χ1n) is 8.55. The van der Waals surface area contributed by atoms with E-state index in [-0.39, 0.29) is 11.9 Å². The summed E-state index contributed by atoms with van der Waals surface area (Å²) in [6, 6.07) is 7.80. The van der Waals surface area contributed by atoms with Crippen LogP contribution in [-0.4, -0.2) is 29.9 Å². The van der Waals surface area contributed by atoms with Gasteiger partial charge in [-0.05, 0) is 54.5 Å². The van der Waals surface area contributed by atoms with Crippen molar-refractivity contribution in [2.75, 3.05) is 13.1 Å². The molecule has 6 heteroatoms. The number of nitrogens with zero attached hydrogens (tertiary/aromatic N) is 1. The van der Waals surface area contributed by atoms with Crippen molar-refractivity contribution in [3.05, 3.63) is 55.7 Å². The molecule has 1 aliphatic rings. The lowest BCUT2D eigenvalue weighted by Gasteiger charge is -2.37. The zero-order valence-electron chi connectivity index (χ0n) is 14.4. The van der Waals surface area contributed by atoms with Crippen LogP contribution in [0.3, 0.4) is 0 Å². The van der Waals surface area contributed by atoms with Crippen LogP contribution in [0.15, 0.2) is 29.6 Å². The fraction of sp³-hybridized carbons (Fsp3) is 0.421. The highest BCUT2D eigenvalue weighted by Gasteiger charge is 2.33. The quantitative estimate of drug-likeness (QED) is 0.777.